The first kappa shape index (κ1) is 19.2. The van der Waals surface area contributed by atoms with Gasteiger partial charge in [-0.05, 0) is 63.5 Å². The molecule has 3 aromatic rings. The molecule has 0 spiro atoms. The van der Waals surface area contributed by atoms with Gasteiger partial charge in [0.25, 0.3) is 5.91 Å². The highest BCUT2D eigenvalue weighted by Gasteiger charge is 2.13. The van der Waals surface area contributed by atoms with E-state index in [9.17, 15) is 4.79 Å². The van der Waals surface area contributed by atoms with Crippen LogP contribution >= 0.6 is 27.5 Å². The monoisotopic (exact) mass is 441 g/mol. The van der Waals surface area contributed by atoms with Crippen LogP contribution in [-0.2, 0) is 4.79 Å². The lowest BCUT2D eigenvalue weighted by Crippen LogP contribution is -2.13. The van der Waals surface area contributed by atoms with E-state index in [1.54, 1.807) is 25.3 Å². The third-order valence-corrected chi connectivity index (χ3v) is 5.17. The van der Waals surface area contributed by atoms with Crippen LogP contribution < -0.4 is 10.1 Å². The van der Waals surface area contributed by atoms with Gasteiger partial charge in [0.2, 0.25) is 0 Å². The number of hydrogen-bond donors (Lipinski definition) is 1. The van der Waals surface area contributed by atoms with E-state index < -0.39 is 0 Å². The van der Waals surface area contributed by atoms with Gasteiger partial charge in [-0.3, -0.25) is 4.79 Å². The molecule has 0 aliphatic heterocycles. The molecule has 27 heavy (non-hydrogen) atoms. The molecule has 0 unspecified atom stereocenters. The molecule has 0 atom stereocenters. The maximum atomic E-state index is 13.0. The zero-order valence-corrected chi connectivity index (χ0v) is 16.9. The molecule has 0 saturated carbocycles. The molecule has 5 heteroatoms. The predicted molar refractivity (Wildman–Crippen MR) is 115 cm³/mol. The molecular weight excluding hydrogens is 426 g/mol. The van der Waals surface area contributed by atoms with Gasteiger partial charge in [-0.25, -0.2) is 0 Å². The van der Waals surface area contributed by atoms with Crippen LogP contribution in [-0.4, -0.2) is 13.0 Å². The van der Waals surface area contributed by atoms with Crippen molar-refractivity contribution < 1.29 is 9.53 Å². The fraction of sp³-hybridized carbons (Fsp3) is 0.0455. The van der Waals surface area contributed by atoms with Gasteiger partial charge in [-0.1, -0.05) is 54.1 Å². The molecule has 0 heterocycles. The molecule has 1 N–H and O–H groups in total. The lowest BCUT2D eigenvalue weighted by Gasteiger charge is -2.11. The average Bonchev–Trinajstić information content (AvgIpc) is 2.70. The minimum Gasteiger partial charge on any atom is -0.497 e. The van der Waals surface area contributed by atoms with Gasteiger partial charge < -0.3 is 10.1 Å². The minimum absolute atomic E-state index is 0.213. The lowest BCUT2D eigenvalue weighted by molar-refractivity contribution is -0.111. The molecule has 0 saturated heterocycles. The van der Waals surface area contributed by atoms with Crippen molar-refractivity contribution in [1.29, 1.82) is 0 Å². The summed E-state index contributed by atoms with van der Waals surface area (Å²) in [4.78, 5) is 13.0. The van der Waals surface area contributed by atoms with E-state index in [1.165, 1.54) is 0 Å². The highest BCUT2D eigenvalue weighted by atomic mass is 79.9. The summed E-state index contributed by atoms with van der Waals surface area (Å²) < 4.78 is 5.97. The fourth-order valence-corrected chi connectivity index (χ4v) is 2.96. The highest BCUT2D eigenvalue weighted by molar-refractivity contribution is 9.10. The van der Waals surface area contributed by atoms with Crippen LogP contribution in [0.5, 0.6) is 5.75 Å². The normalized spacial score (nSPS) is 11.1. The third-order valence-electron chi connectivity index (χ3n) is 3.93. The van der Waals surface area contributed by atoms with Gasteiger partial charge in [0.1, 0.15) is 5.75 Å². The summed E-state index contributed by atoms with van der Waals surface area (Å²) in [6, 6.07) is 22.4. The molecule has 3 nitrogen and oxygen atoms in total. The van der Waals surface area contributed by atoms with Gasteiger partial charge in [0.05, 0.1) is 12.1 Å². The van der Waals surface area contributed by atoms with Crippen LogP contribution in [0, 0.1) is 0 Å². The topological polar surface area (TPSA) is 38.3 Å². The summed E-state index contributed by atoms with van der Waals surface area (Å²) in [6.07, 6.45) is 1.85. The van der Waals surface area contributed by atoms with Gasteiger partial charge in [0.15, 0.2) is 0 Å². The van der Waals surface area contributed by atoms with Crippen LogP contribution in [0.25, 0.3) is 11.6 Å². The van der Waals surface area contributed by atoms with Crippen LogP contribution in [0.3, 0.4) is 0 Å². The Kier molecular flexibility index (Phi) is 6.32. The molecule has 0 aliphatic carbocycles. The van der Waals surface area contributed by atoms with E-state index in [0.29, 0.717) is 16.3 Å². The SMILES string of the molecule is COc1ccc(/C=C(/C(=O)Nc2ccc(Br)c(Cl)c2)c2ccccc2)cc1. The van der Waals surface area contributed by atoms with Crippen molar-refractivity contribution in [3.63, 3.8) is 0 Å². The smallest absolute Gasteiger partial charge is 0.256 e. The van der Waals surface area contributed by atoms with Crippen LogP contribution in [0.4, 0.5) is 5.69 Å². The third kappa shape index (κ3) is 5.00. The van der Waals surface area contributed by atoms with Crippen LogP contribution in [0.1, 0.15) is 11.1 Å². The number of ether oxygens (including phenoxy) is 1. The Labute approximate surface area is 171 Å². The molecule has 136 valence electrons. The molecule has 0 fully saturated rings. The summed E-state index contributed by atoms with van der Waals surface area (Å²) >= 11 is 9.48. The largest absolute Gasteiger partial charge is 0.497 e. The quantitative estimate of drug-likeness (QED) is 0.372. The number of methoxy groups -OCH3 is 1. The number of halogens is 2. The zero-order valence-electron chi connectivity index (χ0n) is 14.6. The first-order chi connectivity index (χ1) is 13.1. The maximum absolute atomic E-state index is 13.0. The van der Waals surface area contributed by atoms with E-state index in [2.05, 4.69) is 21.2 Å². The summed E-state index contributed by atoms with van der Waals surface area (Å²) in [7, 11) is 1.62. The lowest BCUT2D eigenvalue weighted by atomic mass is 10.0. The van der Waals surface area contributed by atoms with Gasteiger partial charge >= 0.3 is 0 Å². The molecule has 0 aliphatic rings. The zero-order chi connectivity index (χ0) is 19.2. The van der Waals surface area contributed by atoms with E-state index in [1.807, 2.05) is 60.7 Å². The van der Waals surface area contributed by atoms with Crippen molar-refractivity contribution >= 4 is 50.8 Å². The van der Waals surface area contributed by atoms with E-state index >= 15 is 0 Å². The van der Waals surface area contributed by atoms with E-state index in [0.717, 1.165) is 21.3 Å². The van der Waals surface area contributed by atoms with Gasteiger partial charge in [0, 0.05) is 15.7 Å². The first-order valence-electron chi connectivity index (χ1n) is 8.24. The number of nitrogens with one attached hydrogen (secondary N) is 1. The molecule has 3 aromatic carbocycles. The second-order valence-electron chi connectivity index (χ2n) is 5.78. The van der Waals surface area contributed by atoms with Crippen molar-refractivity contribution in [3.05, 3.63) is 93.4 Å². The Bertz CT molecular complexity index is 969. The number of hydrogen-bond acceptors (Lipinski definition) is 2. The number of carbonyl (C=O) groups is 1. The molecule has 0 bridgehead atoms. The van der Waals surface area contributed by atoms with Crippen LogP contribution in [0.2, 0.25) is 5.02 Å². The Balaban J connectivity index is 1.94. The Morgan fingerprint density at radius 3 is 2.37 bits per heavy atom. The van der Waals surface area contributed by atoms with Crippen molar-refractivity contribution in [1.82, 2.24) is 0 Å². The highest BCUT2D eigenvalue weighted by Crippen LogP contribution is 2.27. The summed E-state index contributed by atoms with van der Waals surface area (Å²) in [5.41, 5.74) is 2.91. The fourth-order valence-electron chi connectivity index (χ4n) is 2.54. The average molecular weight is 443 g/mol. The molecule has 1 amide bonds. The Morgan fingerprint density at radius 2 is 1.74 bits per heavy atom. The van der Waals surface area contributed by atoms with Crippen molar-refractivity contribution in [2.24, 2.45) is 0 Å². The molecule has 3 rings (SSSR count). The van der Waals surface area contributed by atoms with E-state index in [4.69, 9.17) is 16.3 Å². The summed E-state index contributed by atoms with van der Waals surface area (Å²) in [6.45, 7) is 0. The Hall–Kier alpha value is -2.56. The summed E-state index contributed by atoms with van der Waals surface area (Å²) in [5.74, 6) is 0.553. The summed E-state index contributed by atoms with van der Waals surface area (Å²) in [5, 5.41) is 3.45. The Morgan fingerprint density at radius 1 is 1.04 bits per heavy atom. The number of rotatable bonds is 5. The minimum atomic E-state index is -0.213. The molecular formula is C22H17BrClNO2. The molecule has 0 aromatic heterocycles. The molecule has 0 radical (unpaired) electrons. The first-order valence-corrected chi connectivity index (χ1v) is 9.41. The van der Waals surface area contributed by atoms with E-state index in [-0.39, 0.29) is 5.91 Å². The van der Waals surface area contributed by atoms with Crippen LogP contribution in [0.15, 0.2) is 77.3 Å². The number of amides is 1. The second kappa shape index (κ2) is 8.89. The predicted octanol–water partition coefficient (Wildman–Crippen LogP) is 6.29. The standard InChI is InChI=1S/C22H17BrClNO2/c1-27-18-10-7-15(8-11-18)13-19(16-5-3-2-4-6-16)22(26)25-17-9-12-20(23)21(24)14-17/h2-14H,1H3,(H,25,26)/b19-13+. The number of carbonyl (C=O) groups excluding carboxylic acids is 1. The van der Waals surface area contributed by atoms with Crippen molar-refractivity contribution in [3.8, 4) is 5.75 Å². The van der Waals surface area contributed by atoms with Gasteiger partial charge in [-0.2, -0.15) is 0 Å². The maximum Gasteiger partial charge on any atom is 0.256 e. The number of anilines is 1. The van der Waals surface area contributed by atoms with Crippen molar-refractivity contribution in [2.75, 3.05) is 12.4 Å². The second-order valence-corrected chi connectivity index (χ2v) is 7.04. The van der Waals surface area contributed by atoms with Gasteiger partial charge in [-0.15, -0.1) is 0 Å². The number of benzene rings is 3. The van der Waals surface area contributed by atoms with Crippen molar-refractivity contribution in [2.45, 2.75) is 0 Å².